The summed E-state index contributed by atoms with van der Waals surface area (Å²) < 4.78 is 18.5. The normalized spacial score (nSPS) is 21.8. The Morgan fingerprint density at radius 1 is 1.25 bits per heavy atom. The molecule has 0 aromatic heterocycles. The molecule has 1 amide bonds. The summed E-state index contributed by atoms with van der Waals surface area (Å²) >= 11 is 0. The number of benzene rings is 1. The lowest BCUT2D eigenvalue weighted by Gasteiger charge is -2.32. The third kappa shape index (κ3) is 4.77. The first-order valence-electron chi connectivity index (χ1n) is 9.07. The predicted octanol–water partition coefficient (Wildman–Crippen LogP) is 2.52. The van der Waals surface area contributed by atoms with Crippen LogP contribution in [0.2, 0.25) is 0 Å². The van der Waals surface area contributed by atoms with Gasteiger partial charge < -0.3 is 15.0 Å². The zero-order valence-corrected chi connectivity index (χ0v) is 14.2. The van der Waals surface area contributed by atoms with E-state index in [9.17, 15) is 9.18 Å². The van der Waals surface area contributed by atoms with Crippen LogP contribution in [0.15, 0.2) is 24.3 Å². The molecule has 1 N–H and O–H groups in total. The molecule has 0 spiro atoms. The average Bonchev–Trinajstić information content (AvgIpc) is 3.12. The van der Waals surface area contributed by atoms with Crippen LogP contribution in [-0.4, -0.2) is 49.2 Å². The van der Waals surface area contributed by atoms with E-state index in [2.05, 4.69) is 10.2 Å². The predicted molar refractivity (Wildman–Crippen MR) is 91.3 cm³/mol. The molecule has 1 saturated heterocycles. The standard InChI is InChI=1S/C19H27FN2O2/c20-16-7-5-15(6-8-16)9-11-22(18-3-1-2-4-18)19(23)13-17-14-24-12-10-21-17/h5-8,17-18,21H,1-4,9-14H2. The van der Waals surface area contributed by atoms with E-state index >= 15 is 0 Å². The highest BCUT2D eigenvalue weighted by Crippen LogP contribution is 2.25. The minimum Gasteiger partial charge on any atom is -0.378 e. The van der Waals surface area contributed by atoms with Crippen molar-refractivity contribution in [3.63, 3.8) is 0 Å². The molecule has 2 fully saturated rings. The summed E-state index contributed by atoms with van der Waals surface area (Å²) in [5.74, 6) is -0.00198. The highest BCUT2D eigenvalue weighted by molar-refractivity contribution is 5.77. The van der Waals surface area contributed by atoms with E-state index in [-0.39, 0.29) is 17.8 Å². The molecule has 1 aliphatic carbocycles. The minimum atomic E-state index is -0.217. The quantitative estimate of drug-likeness (QED) is 0.869. The Morgan fingerprint density at radius 3 is 2.67 bits per heavy atom. The van der Waals surface area contributed by atoms with E-state index in [0.29, 0.717) is 25.6 Å². The first kappa shape index (κ1) is 17.4. The monoisotopic (exact) mass is 334 g/mol. The second kappa shape index (κ2) is 8.58. The fourth-order valence-electron chi connectivity index (χ4n) is 3.71. The number of nitrogens with one attached hydrogen (secondary N) is 1. The number of carbonyl (C=O) groups is 1. The van der Waals surface area contributed by atoms with Crippen LogP contribution >= 0.6 is 0 Å². The van der Waals surface area contributed by atoms with Crippen molar-refractivity contribution >= 4 is 5.91 Å². The smallest absolute Gasteiger partial charge is 0.224 e. The molecular weight excluding hydrogens is 307 g/mol. The molecule has 1 aromatic carbocycles. The summed E-state index contributed by atoms with van der Waals surface area (Å²) in [4.78, 5) is 14.9. The summed E-state index contributed by atoms with van der Waals surface area (Å²) in [6.07, 6.45) is 5.89. The zero-order valence-electron chi connectivity index (χ0n) is 14.2. The maximum Gasteiger partial charge on any atom is 0.224 e. The van der Waals surface area contributed by atoms with Crippen LogP contribution in [0.3, 0.4) is 0 Å². The van der Waals surface area contributed by atoms with Crippen molar-refractivity contribution in [2.75, 3.05) is 26.3 Å². The highest BCUT2D eigenvalue weighted by atomic mass is 19.1. The summed E-state index contributed by atoms with van der Waals surface area (Å²) in [5, 5.41) is 3.36. The molecule has 1 aliphatic heterocycles. The van der Waals surface area contributed by atoms with Gasteiger partial charge in [-0.25, -0.2) is 4.39 Å². The van der Waals surface area contributed by atoms with Gasteiger partial charge in [0.05, 0.1) is 13.2 Å². The zero-order chi connectivity index (χ0) is 16.8. The van der Waals surface area contributed by atoms with Gasteiger partial charge in [0, 0.05) is 31.6 Å². The molecule has 4 nitrogen and oxygen atoms in total. The van der Waals surface area contributed by atoms with Gasteiger partial charge in [-0.05, 0) is 37.0 Å². The van der Waals surface area contributed by atoms with E-state index < -0.39 is 0 Å². The number of halogens is 1. The van der Waals surface area contributed by atoms with Gasteiger partial charge in [-0.2, -0.15) is 0 Å². The van der Waals surface area contributed by atoms with Crippen molar-refractivity contribution < 1.29 is 13.9 Å². The Balaban J connectivity index is 1.59. The average molecular weight is 334 g/mol. The second-order valence-electron chi connectivity index (χ2n) is 6.83. The maximum absolute atomic E-state index is 13.0. The number of amides is 1. The third-order valence-electron chi connectivity index (χ3n) is 5.06. The number of nitrogens with zero attached hydrogens (tertiary/aromatic N) is 1. The second-order valence-corrected chi connectivity index (χ2v) is 6.83. The van der Waals surface area contributed by atoms with Crippen LogP contribution in [0, 0.1) is 5.82 Å². The number of hydrogen-bond donors (Lipinski definition) is 1. The van der Waals surface area contributed by atoms with Crippen LogP contribution in [0.25, 0.3) is 0 Å². The molecule has 0 bridgehead atoms. The van der Waals surface area contributed by atoms with Crippen molar-refractivity contribution in [3.8, 4) is 0 Å². The highest BCUT2D eigenvalue weighted by Gasteiger charge is 2.28. The fraction of sp³-hybridized carbons (Fsp3) is 0.632. The van der Waals surface area contributed by atoms with Gasteiger partial charge in [0.2, 0.25) is 5.91 Å². The van der Waals surface area contributed by atoms with Crippen molar-refractivity contribution in [2.24, 2.45) is 0 Å². The van der Waals surface area contributed by atoms with E-state index in [1.165, 1.54) is 25.0 Å². The molecule has 24 heavy (non-hydrogen) atoms. The summed E-state index contributed by atoms with van der Waals surface area (Å²) in [6, 6.07) is 7.08. The van der Waals surface area contributed by atoms with Crippen molar-refractivity contribution in [2.45, 2.75) is 50.6 Å². The first-order valence-corrected chi connectivity index (χ1v) is 9.07. The van der Waals surface area contributed by atoms with Gasteiger partial charge in [0.1, 0.15) is 5.82 Å². The molecule has 0 radical (unpaired) electrons. The van der Waals surface area contributed by atoms with Gasteiger partial charge in [-0.3, -0.25) is 4.79 Å². The summed E-state index contributed by atoms with van der Waals surface area (Å²) in [5.41, 5.74) is 1.08. The van der Waals surface area contributed by atoms with E-state index in [0.717, 1.165) is 38.0 Å². The lowest BCUT2D eigenvalue weighted by molar-refractivity contribution is -0.134. The molecule has 1 heterocycles. The molecule has 3 rings (SSSR count). The first-order chi connectivity index (χ1) is 11.7. The minimum absolute atomic E-state index is 0.126. The van der Waals surface area contributed by atoms with Crippen LogP contribution < -0.4 is 5.32 Å². The Morgan fingerprint density at radius 2 is 2.00 bits per heavy atom. The van der Waals surface area contributed by atoms with Crippen molar-refractivity contribution in [3.05, 3.63) is 35.6 Å². The van der Waals surface area contributed by atoms with Crippen LogP contribution in [0.5, 0.6) is 0 Å². The number of carbonyl (C=O) groups excluding carboxylic acids is 1. The molecular formula is C19H27FN2O2. The summed E-state index contributed by atoms with van der Waals surface area (Å²) in [6.45, 7) is 2.86. The summed E-state index contributed by atoms with van der Waals surface area (Å²) in [7, 11) is 0. The van der Waals surface area contributed by atoms with Gasteiger partial charge in [0.25, 0.3) is 0 Å². The Bertz CT molecular complexity index is 523. The van der Waals surface area contributed by atoms with Gasteiger partial charge in [-0.1, -0.05) is 25.0 Å². The largest absolute Gasteiger partial charge is 0.378 e. The van der Waals surface area contributed by atoms with Gasteiger partial charge in [-0.15, -0.1) is 0 Å². The third-order valence-corrected chi connectivity index (χ3v) is 5.06. The Labute approximate surface area is 143 Å². The fourth-order valence-corrected chi connectivity index (χ4v) is 3.71. The Hall–Kier alpha value is -1.46. The molecule has 2 aliphatic rings. The topological polar surface area (TPSA) is 41.6 Å². The van der Waals surface area contributed by atoms with Crippen molar-refractivity contribution in [1.29, 1.82) is 0 Å². The number of rotatable bonds is 6. The SMILES string of the molecule is O=C(CC1COCCN1)N(CCc1ccc(F)cc1)C1CCCC1. The molecule has 1 saturated carbocycles. The number of morpholine rings is 1. The Kier molecular flexibility index (Phi) is 6.21. The van der Waals surface area contributed by atoms with Crippen LogP contribution in [0.4, 0.5) is 4.39 Å². The molecule has 1 aromatic rings. The number of hydrogen-bond acceptors (Lipinski definition) is 3. The van der Waals surface area contributed by atoms with Crippen LogP contribution in [-0.2, 0) is 16.0 Å². The lowest BCUT2D eigenvalue weighted by Crippen LogP contribution is -2.47. The van der Waals surface area contributed by atoms with E-state index in [4.69, 9.17) is 4.74 Å². The number of ether oxygens (including phenoxy) is 1. The molecule has 1 unspecified atom stereocenters. The van der Waals surface area contributed by atoms with Crippen LogP contribution in [0.1, 0.15) is 37.7 Å². The van der Waals surface area contributed by atoms with Gasteiger partial charge >= 0.3 is 0 Å². The molecule has 1 atom stereocenters. The van der Waals surface area contributed by atoms with Crippen molar-refractivity contribution in [1.82, 2.24) is 10.2 Å². The van der Waals surface area contributed by atoms with E-state index in [1.807, 2.05) is 12.1 Å². The molecule has 5 heteroatoms. The van der Waals surface area contributed by atoms with E-state index in [1.54, 1.807) is 0 Å². The lowest BCUT2D eigenvalue weighted by atomic mass is 10.1. The maximum atomic E-state index is 13.0. The van der Waals surface area contributed by atoms with Gasteiger partial charge in [0.15, 0.2) is 0 Å². The molecule has 132 valence electrons.